The number of aliphatic hydroxyl groups excluding tert-OH is 1. The van der Waals surface area contributed by atoms with Crippen molar-refractivity contribution in [2.75, 3.05) is 29.9 Å². The van der Waals surface area contributed by atoms with Crippen LogP contribution in [0, 0.1) is 13.8 Å². The molecule has 0 atom stereocenters. The van der Waals surface area contributed by atoms with E-state index in [4.69, 9.17) is 0 Å². The third-order valence-electron chi connectivity index (χ3n) is 4.20. The van der Waals surface area contributed by atoms with Crippen molar-refractivity contribution >= 4 is 11.6 Å². The van der Waals surface area contributed by atoms with Crippen LogP contribution in [0.1, 0.15) is 50.4 Å². The second kappa shape index (κ2) is 7.59. The molecule has 0 amide bonds. The lowest BCUT2D eigenvalue weighted by molar-refractivity contribution is 0.289. The highest BCUT2D eigenvalue weighted by atomic mass is 16.3. The second-order valence-corrected chi connectivity index (χ2v) is 5.81. The van der Waals surface area contributed by atoms with Crippen molar-refractivity contribution in [3.05, 3.63) is 11.4 Å². The summed E-state index contributed by atoms with van der Waals surface area (Å²) >= 11 is 0. The van der Waals surface area contributed by atoms with Gasteiger partial charge in [-0.2, -0.15) is 0 Å². The van der Waals surface area contributed by atoms with Crippen molar-refractivity contribution in [3.8, 4) is 0 Å². The van der Waals surface area contributed by atoms with Crippen LogP contribution in [0.4, 0.5) is 11.6 Å². The zero-order valence-corrected chi connectivity index (χ0v) is 13.5. The average Bonchev–Trinajstić information content (AvgIpc) is 2.49. The van der Waals surface area contributed by atoms with Gasteiger partial charge in [-0.25, -0.2) is 9.97 Å². The molecule has 1 aromatic rings. The summed E-state index contributed by atoms with van der Waals surface area (Å²) in [5.74, 6) is 2.68. The van der Waals surface area contributed by atoms with Crippen molar-refractivity contribution in [2.45, 2.75) is 58.9 Å². The number of aryl methyl sites for hydroxylation is 1. The second-order valence-electron chi connectivity index (χ2n) is 5.81. The first-order chi connectivity index (χ1) is 10.2. The molecule has 21 heavy (non-hydrogen) atoms. The van der Waals surface area contributed by atoms with E-state index >= 15 is 0 Å². The fourth-order valence-electron chi connectivity index (χ4n) is 3.19. The molecule has 1 aliphatic carbocycles. The van der Waals surface area contributed by atoms with Crippen LogP contribution in [-0.2, 0) is 0 Å². The Morgan fingerprint density at radius 3 is 2.52 bits per heavy atom. The standard InChI is InChI=1S/C16H28N4O/c1-4-17-15-12(2)16(19-13(3)18-15)20(10-11-21)14-8-6-5-7-9-14/h14,21H,4-11H2,1-3H3,(H,17,18,19). The molecule has 0 unspecified atom stereocenters. The molecule has 5 heteroatoms. The van der Waals surface area contributed by atoms with Crippen LogP contribution < -0.4 is 10.2 Å². The van der Waals surface area contributed by atoms with Crippen LogP contribution in [0.2, 0.25) is 0 Å². The van der Waals surface area contributed by atoms with Crippen molar-refractivity contribution in [2.24, 2.45) is 0 Å². The summed E-state index contributed by atoms with van der Waals surface area (Å²) in [4.78, 5) is 11.5. The number of hydrogen-bond acceptors (Lipinski definition) is 5. The molecule has 0 radical (unpaired) electrons. The Balaban J connectivity index is 2.34. The number of nitrogens with zero attached hydrogens (tertiary/aromatic N) is 3. The first kappa shape index (κ1) is 16.0. The molecule has 0 aliphatic heterocycles. The van der Waals surface area contributed by atoms with Gasteiger partial charge in [-0.1, -0.05) is 19.3 Å². The third-order valence-corrected chi connectivity index (χ3v) is 4.20. The van der Waals surface area contributed by atoms with Gasteiger partial charge in [0.15, 0.2) is 0 Å². The van der Waals surface area contributed by atoms with Crippen LogP contribution in [0.25, 0.3) is 0 Å². The summed E-state index contributed by atoms with van der Waals surface area (Å²) < 4.78 is 0. The highest BCUT2D eigenvalue weighted by Crippen LogP contribution is 2.30. The Bertz CT molecular complexity index is 458. The number of aliphatic hydroxyl groups is 1. The van der Waals surface area contributed by atoms with Gasteiger partial charge in [0.2, 0.25) is 0 Å². The van der Waals surface area contributed by atoms with Crippen molar-refractivity contribution in [3.63, 3.8) is 0 Å². The highest BCUT2D eigenvalue weighted by molar-refractivity contribution is 5.59. The van der Waals surface area contributed by atoms with Crippen LogP contribution in [0.15, 0.2) is 0 Å². The van der Waals surface area contributed by atoms with Gasteiger partial charge in [-0.3, -0.25) is 0 Å². The maximum Gasteiger partial charge on any atom is 0.137 e. The molecule has 2 N–H and O–H groups in total. The highest BCUT2D eigenvalue weighted by Gasteiger charge is 2.24. The minimum Gasteiger partial charge on any atom is -0.395 e. The number of hydrogen-bond donors (Lipinski definition) is 2. The molecule has 1 fully saturated rings. The predicted octanol–water partition coefficient (Wildman–Crippen LogP) is 2.66. The van der Waals surface area contributed by atoms with Gasteiger partial charge >= 0.3 is 0 Å². The molecule has 0 spiro atoms. The van der Waals surface area contributed by atoms with E-state index in [1.807, 2.05) is 6.92 Å². The van der Waals surface area contributed by atoms with Crippen molar-refractivity contribution < 1.29 is 5.11 Å². The lowest BCUT2D eigenvalue weighted by Gasteiger charge is -2.36. The summed E-state index contributed by atoms with van der Waals surface area (Å²) in [6.45, 7) is 7.73. The zero-order chi connectivity index (χ0) is 15.2. The normalized spacial score (nSPS) is 16.0. The third kappa shape index (κ3) is 3.84. The van der Waals surface area contributed by atoms with E-state index in [0.29, 0.717) is 12.6 Å². The molecule has 1 aliphatic rings. The Morgan fingerprint density at radius 1 is 1.19 bits per heavy atom. The maximum absolute atomic E-state index is 9.46. The zero-order valence-electron chi connectivity index (χ0n) is 13.5. The van der Waals surface area contributed by atoms with Gasteiger partial charge in [0.25, 0.3) is 0 Å². The van der Waals surface area contributed by atoms with Crippen molar-refractivity contribution in [1.29, 1.82) is 0 Å². The molecule has 118 valence electrons. The average molecular weight is 292 g/mol. The molecule has 0 saturated heterocycles. The first-order valence-corrected chi connectivity index (χ1v) is 8.14. The quantitative estimate of drug-likeness (QED) is 0.844. The number of aromatic nitrogens is 2. The van der Waals surface area contributed by atoms with E-state index in [9.17, 15) is 5.11 Å². The Hall–Kier alpha value is -1.36. The first-order valence-electron chi connectivity index (χ1n) is 8.14. The van der Waals surface area contributed by atoms with E-state index < -0.39 is 0 Å². The molecule has 1 saturated carbocycles. The summed E-state index contributed by atoms with van der Waals surface area (Å²) in [5.41, 5.74) is 1.08. The molecule has 0 aromatic carbocycles. The molecule has 1 aromatic heterocycles. The fourth-order valence-corrected chi connectivity index (χ4v) is 3.19. The summed E-state index contributed by atoms with van der Waals surface area (Å²) in [7, 11) is 0. The Morgan fingerprint density at radius 2 is 1.90 bits per heavy atom. The molecule has 0 bridgehead atoms. The van der Waals surface area contributed by atoms with Crippen molar-refractivity contribution in [1.82, 2.24) is 9.97 Å². The molecular formula is C16H28N4O. The molecule has 2 rings (SSSR count). The van der Waals surface area contributed by atoms with Gasteiger partial charge < -0.3 is 15.3 Å². The van der Waals surface area contributed by atoms with Crippen LogP contribution in [-0.4, -0.2) is 40.8 Å². The molecule has 5 nitrogen and oxygen atoms in total. The monoisotopic (exact) mass is 292 g/mol. The summed E-state index contributed by atoms with van der Waals surface area (Å²) in [6.07, 6.45) is 6.26. The minimum atomic E-state index is 0.162. The maximum atomic E-state index is 9.46. The SMILES string of the molecule is CCNc1nc(C)nc(N(CCO)C2CCCCC2)c1C. The van der Waals surface area contributed by atoms with Gasteiger partial charge in [0.1, 0.15) is 17.5 Å². The smallest absolute Gasteiger partial charge is 0.137 e. The van der Waals surface area contributed by atoms with Gasteiger partial charge in [-0.15, -0.1) is 0 Å². The lowest BCUT2D eigenvalue weighted by Crippen LogP contribution is -2.40. The topological polar surface area (TPSA) is 61.3 Å². The lowest BCUT2D eigenvalue weighted by atomic mass is 9.94. The number of rotatable bonds is 6. The minimum absolute atomic E-state index is 0.162. The fraction of sp³-hybridized carbons (Fsp3) is 0.750. The van der Waals surface area contributed by atoms with E-state index in [0.717, 1.165) is 29.6 Å². The Labute approximate surface area is 127 Å². The van der Waals surface area contributed by atoms with Gasteiger partial charge in [-0.05, 0) is 33.6 Å². The van der Waals surface area contributed by atoms with Gasteiger partial charge in [0, 0.05) is 24.7 Å². The van der Waals surface area contributed by atoms with E-state index in [1.54, 1.807) is 0 Å². The Kier molecular flexibility index (Phi) is 5.79. The van der Waals surface area contributed by atoms with Gasteiger partial charge in [0.05, 0.1) is 6.61 Å². The van der Waals surface area contributed by atoms with Crippen LogP contribution >= 0.6 is 0 Å². The largest absolute Gasteiger partial charge is 0.395 e. The molecule has 1 heterocycles. The number of anilines is 2. The number of nitrogens with one attached hydrogen (secondary N) is 1. The summed E-state index contributed by atoms with van der Waals surface area (Å²) in [6, 6.07) is 0.494. The van der Waals surface area contributed by atoms with E-state index in [1.165, 1.54) is 32.1 Å². The van der Waals surface area contributed by atoms with E-state index in [-0.39, 0.29) is 6.61 Å². The molecular weight excluding hydrogens is 264 g/mol. The summed E-state index contributed by atoms with van der Waals surface area (Å²) in [5, 5.41) is 12.8. The van der Waals surface area contributed by atoms with Crippen LogP contribution in [0.3, 0.4) is 0 Å². The predicted molar refractivity (Wildman–Crippen MR) is 87.0 cm³/mol. The van der Waals surface area contributed by atoms with Crippen LogP contribution in [0.5, 0.6) is 0 Å². The van der Waals surface area contributed by atoms with E-state index in [2.05, 4.69) is 34.0 Å².